The summed E-state index contributed by atoms with van der Waals surface area (Å²) in [5, 5.41) is 7.25. The van der Waals surface area contributed by atoms with Gasteiger partial charge in [0, 0.05) is 29.1 Å². The van der Waals surface area contributed by atoms with Crippen LogP contribution in [-0.4, -0.2) is 44.2 Å². The number of halogens is 2. The number of likely N-dealkylation sites (tertiary alicyclic amines) is 1. The topological polar surface area (TPSA) is 75.4 Å². The number of nitrogens with one attached hydrogen (secondary N) is 1. The minimum absolute atomic E-state index is 0.133. The Morgan fingerprint density at radius 3 is 2.82 bits per heavy atom. The van der Waals surface area contributed by atoms with Gasteiger partial charge in [0.2, 0.25) is 10.0 Å². The molecule has 1 saturated heterocycles. The van der Waals surface area contributed by atoms with Gasteiger partial charge in [-0.25, -0.2) is 17.5 Å². The molecule has 0 unspecified atom stereocenters. The lowest BCUT2D eigenvalue weighted by Crippen LogP contribution is -2.37. The Balaban J connectivity index is 1.16. The molecule has 172 valence electrons. The van der Waals surface area contributed by atoms with Crippen molar-refractivity contribution < 1.29 is 17.3 Å². The van der Waals surface area contributed by atoms with Crippen molar-refractivity contribution in [1.82, 2.24) is 14.8 Å². The van der Waals surface area contributed by atoms with Crippen molar-refractivity contribution >= 4 is 43.4 Å². The van der Waals surface area contributed by atoms with Crippen LogP contribution in [-0.2, 0) is 16.4 Å². The van der Waals surface area contributed by atoms with Gasteiger partial charge < -0.3 is 9.42 Å². The zero-order valence-electron chi connectivity index (χ0n) is 17.8. The molecule has 1 aromatic heterocycles. The van der Waals surface area contributed by atoms with Crippen LogP contribution in [0.4, 0.5) is 4.39 Å². The lowest BCUT2D eigenvalue weighted by Gasteiger charge is -2.16. The molecule has 0 spiro atoms. The summed E-state index contributed by atoms with van der Waals surface area (Å²) in [6.45, 7) is 2.31. The molecule has 3 aromatic carbocycles. The van der Waals surface area contributed by atoms with E-state index >= 15 is 0 Å². The Hall–Kier alpha value is -2.52. The predicted molar refractivity (Wildman–Crippen MR) is 126 cm³/mol. The summed E-state index contributed by atoms with van der Waals surface area (Å²) in [5.41, 5.74) is 1.27. The molecular weight excluding hydrogens is 465 g/mol. The van der Waals surface area contributed by atoms with E-state index in [1.165, 1.54) is 12.1 Å². The standard InChI is InChI=1S/C24H23ClFN3O3S/c25-18-5-3-17-13-21(7-4-16(17)12-18)33(30,31)28-20-9-11-29(15-20)10-1-2-23-22-8-6-19(26)14-24(22)32-27-23/h3-8,12-14,20,28H,1-2,9-11,15H2/t20-/m0/s1. The molecular formula is C24H23ClFN3O3S. The second kappa shape index (κ2) is 9.02. The number of nitrogens with zero attached hydrogens (tertiary/aromatic N) is 2. The average molecular weight is 488 g/mol. The normalized spacial score (nSPS) is 17.3. The zero-order chi connectivity index (χ0) is 23.0. The highest BCUT2D eigenvalue weighted by molar-refractivity contribution is 7.89. The highest BCUT2D eigenvalue weighted by atomic mass is 35.5. The van der Waals surface area contributed by atoms with Crippen molar-refractivity contribution in [1.29, 1.82) is 0 Å². The van der Waals surface area contributed by atoms with Crippen LogP contribution in [0.3, 0.4) is 0 Å². The van der Waals surface area contributed by atoms with E-state index in [1.54, 1.807) is 30.3 Å². The first-order chi connectivity index (χ1) is 15.9. The fraction of sp³-hybridized carbons (Fsp3) is 0.292. The van der Waals surface area contributed by atoms with E-state index in [1.807, 2.05) is 12.1 Å². The first kappa shape index (κ1) is 22.3. The van der Waals surface area contributed by atoms with Gasteiger partial charge in [0.1, 0.15) is 5.82 Å². The Kier molecular flexibility index (Phi) is 6.09. The van der Waals surface area contributed by atoms with Crippen LogP contribution in [0.5, 0.6) is 0 Å². The molecule has 5 rings (SSSR count). The van der Waals surface area contributed by atoms with Gasteiger partial charge in [-0.3, -0.25) is 0 Å². The second-order valence-corrected chi connectivity index (χ2v) is 10.6. The summed E-state index contributed by atoms with van der Waals surface area (Å²) < 4.78 is 47.2. The van der Waals surface area contributed by atoms with Gasteiger partial charge in [0.15, 0.2) is 5.58 Å². The molecule has 1 aliphatic rings. The van der Waals surface area contributed by atoms with Crippen LogP contribution in [0.1, 0.15) is 18.5 Å². The summed E-state index contributed by atoms with van der Waals surface area (Å²) >= 11 is 6.01. The largest absolute Gasteiger partial charge is 0.356 e. The molecule has 0 radical (unpaired) electrons. The minimum Gasteiger partial charge on any atom is -0.356 e. The number of aromatic nitrogens is 1. The van der Waals surface area contributed by atoms with Gasteiger partial charge in [-0.2, -0.15) is 0 Å². The summed E-state index contributed by atoms with van der Waals surface area (Å²) in [4.78, 5) is 2.50. The van der Waals surface area contributed by atoms with E-state index in [4.69, 9.17) is 16.1 Å². The molecule has 1 aliphatic heterocycles. The number of hydrogen-bond donors (Lipinski definition) is 1. The van der Waals surface area contributed by atoms with Crippen molar-refractivity contribution in [2.45, 2.75) is 30.2 Å². The maximum Gasteiger partial charge on any atom is 0.240 e. The number of fused-ring (bicyclic) bond motifs is 2. The number of aryl methyl sites for hydroxylation is 1. The molecule has 1 atom stereocenters. The Labute approximate surface area is 196 Å². The van der Waals surface area contributed by atoms with Crippen molar-refractivity contribution in [3.8, 4) is 0 Å². The van der Waals surface area contributed by atoms with E-state index < -0.39 is 10.0 Å². The quantitative estimate of drug-likeness (QED) is 0.407. The number of sulfonamides is 1. The van der Waals surface area contributed by atoms with E-state index in [-0.39, 0.29) is 16.8 Å². The molecule has 1 fully saturated rings. The van der Waals surface area contributed by atoms with Crippen LogP contribution < -0.4 is 4.72 Å². The van der Waals surface area contributed by atoms with Crippen molar-refractivity contribution in [2.24, 2.45) is 0 Å². The first-order valence-electron chi connectivity index (χ1n) is 10.9. The Morgan fingerprint density at radius 1 is 1.12 bits per heavy atom. The molecule has 33 heavy (non-hydrogen) atoms. The average Bonchev–Trinajstić information content (AvgIpc) is 3.39. The molecule has 1 N–H and O–H groups in total. The third kappa shape index (κ3) is 4.89. The van der Waals surface area contributed by atoms with Crippen LogP contribution in [0, 0.1) is 5.82 Å². The molecule has 0 bridgehead atoms. The van der Waals surface area contributed by atoms with Crippen LogP contribution in [0.2, 0.25) is 5.02 Å². The third-order valence-electron chi connectivity index (χ3n) is 6.07. The van der Waals surface area contributed by atoms with Gasteiger partial charge in [-0.05, 0) is 79.5 Å². The molecule has 2 heterocycles. The highest BCUT2D eigenvalue weighted by Gasteiger charge is 2.27. The van der Waals surface area contributed by atoms with Gasteiger partial charge in [-0.15, -0.1) is 0 Å². The fourth-order valence-corrected chi connectivity index (χ4v) is 5.87. The van der Waals surface area contributed by atoms with Crippen molar-refractivity contribution in [2.75, 3.05) is 19.6 Å². The first-order valence-corrected chi connectivity index (χ1v) is 12.7. The van der Waals surface area contributed by atoms with Crippen LogP contribution in [0.25, 0.3) is 21.7 Å². The maximum atomic E-state index is 13.3. The number of benzene rings is 3. The summed E-state index contributed by atoms with van der Waals surface area (Å²) in [6, 6.07) is 14.8. The second-order valence-electron chi connectivity index (χ2n) is 8.43. The lowest BCUT2D eigenvalue weighted by molar-refractivity contribution is 0.326. The zero-order valence-corrected chi connectivity index (χ0v) is 19.4. The predicted octanol–water partition coefficient (Wildman–Crippen LogP) is 4.76. The minimum atomic E-state index is -3.62. The number of rotatable bonds is 7. The molecule has 6 nitrogen and oxygen atoms in total. The van der Waals surface area contributed by atoms with Crippen molar-refractivity contribution in [3.05, 3.63) is 71.1 Å². The molecule has 0 saturated carbocycles. The van der Waals surface area contributed by atoms with Gasteiger partial charge >= 0.3 is 0 Å². The Bertz CT molecular complexity index is 1420. The van der Waals surface area contributed by atoms with Gasteiger partial charge in [-0.1, -0.05) is 28.9 Å². The van der Waals surface area contributed by atoms with Crippen LogP contribution >= 0.6 is 11.6 Å². The van der Waals surface area contributed by atoms with E-state index in [0.29, 0.717) is 23.6 Å². The van der Waals surface area contributed by atoms with Crippen molar-refractivity contribution in [3.63, 3.8) is 0 Å². The van der Waals surface area contributed by atoms with E-state index in [2.05, 4.69) is 14.8 Å². The fourth-order valence-electron chi connectivity index (χ4n) is 4.40. The molecule has 0 amide bonds. The number of hydrogen-bond acceptors (Lipinski definition) is 5. The maximum absolute atomic E-state index is 13.3. The SMILES string of the molecule is O=S(=O)(N[C@H]1CCN(CCCc2noc3cc(F)ccc23)C1)c1ccc2cc(Cl)ccc2c1. The summed E-state index contributed by atoms with van der Waals surface area (Å²) in [6.07, 6.45) is 2.33. The van der Waals surface area contributed by atoms with E-state index in [0.717, 1.165) is 47.8 Å². The highest BCUT2D eigenvalue weighted by Crippen LogP contribution is 2.24. The van der Waals surface area contributed by atoms with E-state index in [9.17, 15) is 12.8 Å². The monoisotopic (exact) mass is 487 g/mol. The third-order valence-corrected chi connectivity index (χ3v) is 7.83. The summed E-state index contributed by atoms with van der Waals surface area (Å²) in [5.74, 6) is -0.344. The Morgan fingerprint density at radius 2 is 1.94 bits per heavy atom. The van der Waals surface area contributed by atoms with Gasteiger partial charge in [0.25, 0.3) is 0 Å². The summed E-state index contributed by atoms with van der Waals surface area (Å²) in [7, 11) is -3.62. The molecule has 9 heteroatoms. The van der Waals surface area contributed by atoms with Crippen LogP contribution in [0.15, 0.2) is 64.0 Å². The molecule has 0 aliphatic carbocycles. The lowest BCUT2D eigenvalue weighted by atomic mass is 10.1. The van der Waals surface area contributed by atoms with Gasteiger partial charge in [0.05, 0.1) is 10.6 Å². The molecule has 4 aromatic rings. The smallest absolute Gasteiger partial charge is 0.240 e.